The van der Waals surface area contributed by atoms with Crippen LogP contribution in [0, 0.1) is 0 Å². The predicted octanol–water partition coefficient (Wildman–Crippen LogP) is 2.98. The van der Waals surface area contributed by atoms with Gasteiger partial charge in [0.15, 0.2) is 0 Å². The van der Waals surface area contributed by atoms with Crippen LogP contribution in [0.5, 0.6) is 0 Å². The maximum Gasteiger partial charge on any atom is 0.338 e. The van der Waals surface area contributed by atoms with E-state index in [1.54, 1.807) is 4.90 Å². The van der Waals surface area contributed by atoms with Gasteiger partial charge in [0, 0.05) is 26.4 Å². The van der Waals surface area contributed by atoms with Gasteiger partial charge >= 0.3 is 5.97 Å². The van der Waals surface area contributed by atoms with E-state index in [9.17, 15) is 14.7 Å². The summed E-state index contributed by atoms with van der Waals surface area (Å²) in [6.07, 6.45) is 2.25. The molecule has 0 aliphatic heterocycles. The molecule has 0 bridgehead atoms. The number of rotatable bonds is 8. The van der Waals surface area contributed by atoms with Crippen LogP contribution in [0.2, 0.25) is 0 Å². The number of aromatic carboxylic acids is 1. The second kappa shape index (κ2) is 8.94. The minimum Gasteiger partial charge on any atom is -0.478 e. The van der Waals surface area contributed by atoms with E-state index in [-0.39, 0.29) is 23.8 Å². The Hall–Kier alpha value is -2.73. The predicted molar refractivity (Wildman–Crippen MR) is 93.4 cm³/mol. The molecule has 0 saturated heterocycles. The molecule has 1 aromatic carbocycles. The van der Waals surface area contributed by atoms with Crippen LogP contribution in [-0.4, -0.2) is 40.5 Å². The molecule has 0 aliphatic rings. The molecule has 1 amide bonds. The highest BCUT2D eigenvalue weighted by Crippen LogP contribution is 2.15. The first-order valence-electron chi connectivity index (χ1n) is 8.11. The molecule has 2 rings (SSSR count). The fraction of sp³-hybridized carbons (Fsp3) is 0.316. The maximum atomic E-state index is 12.9. The van der Waals surface area contributed by atoms with Gasteiger partial charge in [0.1, 0.15) is 5.69 Å². The average Bonchev–Trinajstić information content (AvgIpc) is 2.62. The van der Waals surface area contributed by atoms with Crippen LogP contribution in [0.4, 0.5) is 0 Å². The van der Waals surface area contributed by atoms with Gasteiger partial charge in [0.25, 0.3) is 5.91 Å². The standard InChI is InChI=1S/C19H22N2O4/c1-3-9-21(12-14-7-5-4-6-8-14)18(22)17-16(19(23)24)10-15(11-20-17)13-25-2/h4-8,10-11H,3,9,12-13H2,1-2H3,(H,23,24). The van der Waals surface area contributed by atoms with E-state index in [4.69, 9.17) is 4.74 Å². The Labute approximate surface area is 147 Å². The van der Waals surface area contributed by atoms with Gasteiger partial charge in [-0.2, -0.15) is 0 Å². The van der Waals surface area contributed by atoms with Crippen molar-refractivity contribution < 1.29 is 19.4 Å². The lowest BCUT2D eigenvalue weighted by Gasteiger charge is -2.22. The van der Waals surface area contributed by atoms with Crippen LogP contribution >= 0.6 is 0 Å². The Balaban J connectivity index is 2.33. The van der Waals surface area contributed by atoms with E-state index in [1.165, 1.54) is 19.4 Å². The molecule has 1 N–H and O–H groups in total. The number of ether oxygens (including phenoxy) is 1. The zero-order valence-corrected chi connectivity index (χ0v) is 14.4. The van der Waals surface area contributed by atoms with Gasteiger partial charge in [-0.1, -0.05) is 37.3 Å². The minimum atomic E-state index is -1.18. The first-order valence-corrected chi connectivity index (χ1v) is 8.11. The number of nitrogens with zero attached hydrogens (tertiary/aromatic N) is 2. The van der Waals surface area contributed by atoms with E-state index >= 15 is 0 Å². The van der Waals surface area contributed by atoms with E-state index < -0.39 is 5.97 Å². The topological polar surface area (TPSA) is 79.7 Å². The lowest BCUT2D eigenvalue weighted by atomic mass is 10.1. The number of benzene rings is 1. The normalized spacial score (nSPS) is 10.5. The van der Waals surface area contributed by atoms with Crippen LogP contribution in [-0.2, 0) is 17.9 Å². The molecule has 0 aliphatic carbocycles. The van der Waals surface area contributed by atoms with Crippen molar-refractivity contribution in [1.29, 1.82) is 0 Å². The van der Waals surface area contributed by atoms with Crippen molar-refractivity contribution in [1.82, 2.24) is 9.88 Å². The number of hydrogen-bond donors (Lipinski definition) is 1. The molecule has 0 unspecified atom stereocenters. The van der Waals surface area contributed by atoms with Gasteiger partial charge in [-0.3, -0.25) is 4.79 Å². The van der Waals surface area contributed by atoms with Crippen molar-refractivity contribution in [2.45, 2.75) is 26.5 Å². The van der Waals surface area contributed by atoms with Crippen molar-refractivity contribution in [3.05, 3.63) is 65.0 Å². The van der Waals surface area contributed by atoms with Crippen molar-refractivity contribution in [2.24, 2.45) is 0 Å². The Morgan fingerprint density at radius 1 is 1.20 bits per heavy atom. The van der Waals surface area contributed by atoms with Crippen molar-refractivity contribution in [3.8, 4) is 0 Å². The zero-order valence-electron chi connectivity index (χ0n) is 14.4. The number of carboxylic acid groups (broad SMARTS) is 1. The molecule has 1 aromatic heterocycles. The van der Waals surface area contributed by atoms with E-state index in [1.807, 2.05) is 37.3 Å². The molecular weight excluding hydrogens is 320 g/mol. The Kier molecular flexibility index (Phi) is 6.65. The zero-order chi connectivity index (χ0) is 18.2. The fourth-order valence-electron chi connectivity index (χ4n) is 2.56. The van der Waals surface area contributed by atoms with E-state index in [2.05, 4.69) is 4.98 Å². The summed E-state index contributed by atoms with van der Waals surface area (Å²) in [5.74, 6) is -1.56. The van der Waals surface area contributed by atoms with Crippen LogP contribution in [0.3, 0.4) is 0 Å². The van der Waals surface area contributed by atoms with Crippen LogP contribution in [0.25, 0.3) is 0 Å². The second-order valence-corrected chi connectivity index (χ2v) is 5.69. The molecule has 0 saturated carbocycles. The van der Waals surface area contributed by atoms with Crippen LogP contribution in [0.1, 0.15) is 45.3 Å². The third-order valence-corrected chi connectivity index (χ3v) is 3.69. The third-order valence-electron chi connectivity index (χ3n) is 3.69. The average molecular weight is 342 g/mol. The van der Waals surface area contributed by atoms with Gasteiger partial charge in [-0.05, 0) is 23.6 Å². The summed E-state index contributed by atoms with van der Waals surface area (Å²) in [6.45, 7) is 3.14. The number of carboxylic acids is 1. The first kappa shape index (κ1) is 18.6. The first-order chi connectivity index (χ1) is 12.1. The van der Waals surface area contributed by atoms with Crippen LogP contribution in [0.15, 0.2) is 42.6 Å². The SMILES string of the molecule is CCCN(Cc1ccccc1)C(=O)c1ncc(COC)cc1C(=O)O. The lowest BCUT2D eigenvalue weighted by molar-refractivity contribution is 0.0668. The van der Waals surface area contributed by atoms with E-state index in [0.717, 1.165) is 12.0 Å². The molecule has 1 heterocycles. The summed E-state index contributed by atoms with van der Waals surface area (Å²) in [4.78, 5) is 30.2. The summed E-state index contributed by atoms with van der Waals surface area (Å²) in [6, 6.07) is 11.0. The van der Waals surface area contributed by atoms with Gasteiger partial charge in [-0.15, -0.1) is 0 Å². The summed E-state index contributed by atoms with van der Waals surface area (Å²) < 4.78 is 5.00. The Morgan fingerprint density at radius 2 is 1.92 bits per heavy atom. The molecular formula is C19H22N2O4. The Bertz CT molecular complexity index is 731. The highest BCUT2D eigenvalue weighted by atomic mass is 16.5. The number of carbonyl (C=O) groups excluding carboxylic acids is 1. The number of hydrogen-bond acceptors (Lipinski definition) is 4. The number of carbonyl (C=O) groups is 2. The van der Waals surface area contributed by atoms with Crippen molar-refractivity contribution in [2.75, 3.05) is 13.7 Å². The molecule has 0 spiro atoms. The highest BCUT2D eigenvalue weighted by Gasteiger charge is 2.23. The summed E-state index contributed by atoms with van der Waals surface area (Å²) in [5, 5.41) is 9.46. The minimum absolute atomic E-state index is 0.0447. The van der Waals surface area contributed by atoms with E-state index in [0.29, 0.717) is 18.7 Å². The number of aromatic nitrogens is 1. The fourth-order valence-corrected chi connectivity index (χ4v) is 2.56. The van der Waals surface area contributed by atoms with Gasteiger partial charge < -0.3 is 14.7 Å². The second-order valence-electron chi connectivity index (χ2n) is 5.69. The molecule has 132 valence electrons. The Morgan fingerprint density at radius 3 is 2.52 bits per heavy atom. The largest absolute Gasteiger partial charge is 0.478 e. The maximum absolute atomic E-state index is 12.9. The van der Waals surface area contributed by atoms with Gasteiger partial charge in [0.2, 0.25) is 0 Å². The van der Waals surface area contributed by atoms with Crippen LogP contribution < -0.4 is 0 Å². The summed E-state index contributed by atoms with van der Waals surface area (Å²) in [5.41, 5.74) is 1.45. The quantitative estimate of drug-likeness (QED) is 0.798. The summed E-state index contributed by atoms with van der Waals surface area (Å²) in [7, 11) is 1.52. The molecule has 0 fully saturated rings. The molecule has 0 atom stereocenters. The monoisotopic (exact) mass is 342 g/mol. The lowest BCUT2D eigenvalue weighted by Crippen LogP contribution is -2.33. The molecule has 6 nitrogen and oxygen atoms in total. The van der Waals surface area contributed by atoms with Gasteiger partial charge in [0.05, 0.1) is 12.2 Å². The molecule has 25 heavy (non-hydrogen) atoms. The van der Waals surface area contributed by atoms with Crippen molar-refractivity contribution >= 4 is 11.9 Å². The number of methoxy groups -OCH3 is 1. The summed E-state index contributed by atoms with van der Waals surface area (Å²) >= 11 is 0. The van der Waals surface area contributed by atoms with Gasteiger partial charge in [-0.25, -0.2) is 9.78 Å². The molecule has 6 heteroatoms. The smallest absolute Gasteiger partial charge is 0.338 e. The van der Waals surface area contributed by atoms with Crippen molar-refractivity contribution in [3.63, 3.8) is 0 Å². The highest BCUT2D eigenvalue weighted by molar-refractivity contribution is 6.03. The number of pyridine rings is 1. The number of amides is 1. The molecule has 2 aromatic rings. The molecule has 0 radical (unpaired) electrons. The third kappa shape index (κ3) is 4.87.